The maximum atomic E-state index is 13.3. The molecule has 1 amide bonds. The maximum absolute atomic E-state index is 13.3. The lowest BCUT2D eigenvalue weighted by molar-refractivity contribution is -0.309. The summed E-state index contributed by atoms with van der Waals surface area (Å²) in [7, 11) is 0. The van der Waals surface area contributed by atoms with E-state index in [1.165, 1.54) is 12.5 Å². The second kappa shape index (κ2) is 21.9. The van der Waals surface area contributed by atoms with E-state index >= 15 is 0 Å². The fourth-order valence-corrected chi connectivity index (χ4v) is 8.57. The normalized spacial score (nSPS) is 19.2. The Bertz CT molecular complexity index is 2670. The monoisotopic (exact) mass is 923 g/mol. The van der Waals surface area contributed by atoms with Crippen molar-refractivity contribution in [3.63, 3.8) is 0 Å². The number of aryl methyl sites for hydroxylation is 3. The van der Waals surface area contributed by atoms with Crippen LogP contribution in [0, 0.1) is 20.8 Å². The zero-order valence-electron chi connectivity index (χ0n) is 39.9. The van der Waals surface area contributed by atoms with E-state index in [9.17, 15) is 24.0 Å². The van der Waals surface area contributed by atoms with Gasteiger partial charge in [-0.05, 0) is 111 Å². The molecule has 5 atom stereocenters. The number of fused-ring (bicyclic) bond motifs is 8. The number of carbonyl (C=O) groups excluding carboxylic acids is 5. The van der Waals surface area contributed by atoms with E-state index in [0.29, 0.717) is 6.42 Å². The Morgan fingerprint density at radius 2 is 1.33 bits per heavy atom. The summed E-state index contributed by atoms with van der Waals surface area (Å²) in [6.07, 6.45) is -3.11. The number of carbonyl (C=O) groups is 5. The third kappa shape index (κ3) is 11.8. The van der Waals surface area contributed by atoms with E-state index in [1.807, 2.05) is 19.9 Å². The number of aromatic amines is 2. The Labute approximate surface area is 389 Å². The SMILES string of the molecule is C=Cc1c(C)c2cc3nc(c(C)c4cc(C)c(cc5nc(cc1[nH]2)C(C)=C5CC)[nH]4)C(CCC(=O)NCCOCCO[C@@H]1O[C@H](COC(C)=O)[C@@H](OC(C)=O)[C@H](OC(C)=O)[C@H]1OC(C)=O)=C3C. The summed E-state index contributed by atoms with van der Waals surface area (Å²) in [6.45, 7) is 21.2. The van der Waals surface area contributed by atoms with Crippen molar-refractivity contribution in [2.24, 2.45) is 0 Å². The van der Waals surface area contributed by atoms with E-state index in [1.54, 1.807) is 0 Å². The molecule has 0 aliphatic carbocycles. The number of H-pyrrole nitrogens is 2. The van der Waals surface area contributed by atoms with Crippen molar-refractivity contribution < 1.29 is 57.1 Å². The highest BCUT2D eigenvalue weighted by atomic mass is 16.7. The highest BCUT2D eigenvalue weighted by molar-refractivity contribution is 5.96. The lowest BCUT2D eigenvalue weighted by atomic mass is 9.98. The number of rotatable bonds is 17. The van der Waals surface area contributed by atoms with Gasteiger partial charge in [-0.2, -0.15) is 0 Å². The van der Waals surface area contributed by atoms with Gasteiger partial charge in [-0.15, -0.1) is 0 Å². The Hall–Kier alpha value is -6.43. The number of nitrogens with zero attached hydrogens (tertiary/aromatic N) is 2. The molecule has 0 radical (unpaired) electrons. The summed E-state index contributed by atoms with van der Waals surface area (Å²) < 4.78 is 39.0. The molecule has 6 heterocycles. The summed E-state index contributed by atoms with van der Waals surface area (Å²) >= 11 is 0. The smallest absolute Gasteiger partial charge is 0.303 e. The van der Waals surface area contributed by atoms with Crippen LogP contribution in [-0.2, 0) is 57.1 Å². The fourth-order valence-electron chi connectivity index (χ4n) is 8.57. The Morgan fingerprint density at radius 3 is 2.00 bits per heavy atom. The lowest BCUT2D eigenvalue weighted by Gasteiger charge is -2.44. The van der Waals surface area contributed by atoms with Gasteiger partial charge in [0, 0.05) is 68.3 Å². The van der Waals surface area contributed by atoms with E-state index < -0.39 is 54.6 Å². The van der Waals surface area contributed by atoms with E-state index in [0.717, 1.165) is 111 Å². The van der Waals surface area contributed by atoms with Crippen molar-refractivity contribution >= 4 is 80.2 Å². The molecule has 0 aromatic carbocycles. The van der Waals surface area contributed by atoms with E-state index in [-0.39, 0.29) is 45.3 Å². The molecule has 0 unspecified atom stereocenters. The van der Waals surface area contributed by atoms with Crippen molar-refractivity contribution in [3.05, 3.63) is 75.9 Å². The molecule has 8 bridgehead atoms. The molecule has 3 N–H and O–H groups in total. The van der Waals surface area contributed by atoms with Crippen LogP contribution < -0.4 is 5.32 Å². The van der Waals surface area contributed by atoms with Gasteiger partial charge in [0.15, 0.2) is 24.6 Å². The largest absolute Gasteiger partial charge is 0.463 e. The molecule has 1 fully saturated rings. The number of hydrogen-bond acceptors (Lipinski definition) is 14. The molecule has 1 saturated heterocycles. The minimum absolute atomic E-state index is 0.0360. The third-order valence-electron chi connectivity index (χ3n) is 12.0. The lowest BCUT2D eigenvalue weighted by Crippen LogP contribution is -2.63. The minimum atomic E-state index is -1.35. The van der Waals surface area contributed by atoms with Crippen LogP contribution >= 0.6 is 0 Å². The third-order valence-corrected chi connectivity index (χ3v) is 12.0. The molecule has 17 heteroatoms. The standard InChI is InChI=1S/C50H61N5O12/c1-12-34-27(5)40-23-43-35(13-2)26(4)39(53-43)22-41-28(6)36(46(55-41)29(7)38-20-25(3)37(52-38)21-42(34)54-40)14-15-45(60)51-16-17-61-18-19-62-50-49(66-33(11)59)48(65-32(10)58)47(64-31(9)57)44(67-50)24-63-30(8)56/h13,20-23,44,47-50,52-53H,2,12,14-19,24H2,1,3-11H3,(H,51,60)/t44-,47-,48+,49-,50-/m1/s1. The van der Waals surface area contributed by atoms with Crippen LogP contribution in [0.3, 0.4) is 0 Å². The molecule has 67 heavy (non-hydrogen) atoms. The van der Waals surface area contributed by atoms with Gasteiger partial charge in [-0.1, -0.05) is 19.6 Å². The minimum Gasteiger partial charge on any atom is -0.463 e. The molecule has 0 saturated carbocycles. The van der Waals surface area contributed by atoms with Crippen LogP contribution in [-0.4, -0.2) is 113 Å². The van der Waals surface area contributed by atoms with Gasteiger partial charge in [-0.25, -0.2) is 9.97 Å². The quantitative estimate of drug-likeness (QED) is 0.0695. The van der Waals surface area contributed by atoms with Crippen LogP contribution in [0.15, 0.2) is 30.8 Å². The van der Waals surface area contributed by atoms with Crippen molar-refractivity contribution in [1.29, 1.82) is 0 Å². The van der Waals surface area contributed by atoms with Gasteiger partial charge < -0.3 is 48.4 Å². The average molecular weight is 924 g/mol. The van der Waals surface area contributed by atoms with Gasteiger partial charge in [-0.3, -0.25) is 24.0 Å². The van der Waals surface area contributed by atoms with Gasteiger partial charge >= 0.3 is 23.9 Å². The zero-order valence-corrected chi connectivity index (χ0v) is 39.9. The average Bonchev–Trinajstić information content (AvgIpc) is 3.97. The summed E-state index contributed by atoms with van der Waals surface area (Å²) in [4.78, 5) is 78.8. The molecular weight excluding hydrogens is 863 g/mol. The molecule has 3 aliphatic rings. The summed E-state index contributed by atoms with van der Waals surface area (Å²) in [5, 5.41) is 2.93. The predicted octanol–water partition coefficient (Wildman–Crippen LogP) is 7.17. The van der Waals surface area contributed by atoms with Gasteiger partial charge in [0.1, 0.15) is 12.7 Å². The zero-order chi connectivity index (χ0) is 48.7. The number of esters is 4. The number of aromatic nitrogens is 4. The van der Waals surface area contributed by atoms with Crippen LogP contribution in [0.5, 0.6) is 0 Å². The first-order valence-corrected chi connectivity index (χ1v) is 22.4. The summed E-state index contributed by atoms with van der Waals surface area (Å²) in [6, 6.07) is 8.40. The Balaban J connectivity index is 1.13. The van der Waals surface area contributed by atoms with Gasteiger partial charge in [0.25, 0.3) is 0 Å². The molecular formula is C50H61N5O12. The molecule has 358 valence electrons. The first kappa shape index (κ1) is 50.0. The second-order valence-corrected chi connectivity index (χ2v) is 16.7. The first-order chi connectivity index (χ1) is 31.9. The van der Waals surface area contributed by atoms with Crippen LogP contribution in [0.4, 0.5) is 0 Å². The Kier molecular flexibility index (Phi) is 16.4. The van der Waals surface area contributed by atoms with E-state index in [4.69, 9.17) is 43.1 Å². The molecule has 17 nitrogen and oxygen atoms in total. The number of allylic oxidation sites excluding steroid dienone is 4. The number of hydrogen-bond donors (Lipinski definition) is 3. The van der Waals surface area contributed by atoms with Crippen molar-refractivity contribution in [1.82, 2.24) is 25.3 Å². The fraction of sp³-hybridized carbons (Fsp3) is 0.460. The van der Waals surface area contributed by atoms with Crippen LogP contribution in [0.25, 0.3) is 50.4 Å². The van der Waals surface area contributed by atoms with Crippen molar-refractivity contribution in [3.8, 4) is 0 Å². The van der Waals surface area contributed by atoms with E-state index in [2.05, 4.69) is 73.8 Å². The molecule has 3 aliphatic heterocycles. The summed E-state index contributed by atoms with van der Waals surface area (Å²) in [5.74, 6) is -3.03. The van der Waals surface area contributed by atoms with Crippen LogP contribution in [0.1, 0.15) is 113 Å². The molecule has 3 aromatic rings. The summed E-state index contributed by atoms with van der Waals surface area (Å²) in [5.41, 5.74) is 15.6. The highest BCUT2D eigenvalue weighted by Gasteiger charge is 2.52. The molecule has 3 aromatic heterocycles. The maximum Gasteiger partial charge on any atom is 0.303 e. The van der Waals surface area contributed by atoms with Crippen LogP contribution in [0.2, 0.25) is 0 Å². The van der Waals surface area contributed by atoms with Gasteiger partial charge in [0.05, 0.1) is 42.6 Å². The first-order valence-electron chi connectivity index (χ1n) is 22.4. The number of ether oxygens (including phenoxy) is 7. The number of nitrogens with one attached hydrogen (secondary N) is 3. The predicted molar refractivity (Wildman–Crippen MR) is 252 cm³/mol. The van der Waals surface area contributed by atoms with Gasteiger partial charge in [0.2, 0.25) is 5.91 Å². The van der Waals surface area contributed by atoms with Crippen molar-refractivity contribution in [2.75, 3.05) is 33.0 Å². The van der Waals surface area contributed by atoms with Crippen molar-refractivity contribution in [2.45, 2.75) is 119 Å². The highest BCUT2D eigenvalue weighted by Crippen LogP contribution is 2.38. The molecule has 6 rings (SSSR count). The molecule has 0 spiro atoms. The second-order valence-electron chi connectivity index (χ2n) is 16.7. The Morgan fingerprint density at radius 1 is 0.716 bits per heavy atom. The number of amides is 1. The topological polar surface area (TPSA) is 219 Å².